The fourth-order valence-electron chi connectivity index (χ4n) is 3.06. The number of hydrogen-bond acceptors (Lipinski definition) is 2. The largest absolute Gasteiger partial charge is 0.388 e. The van der Waals surface area contributed by atoms with Crippen LogP contribution >= 0.6 is 0 Å². The molecule has 1 aromatic rings. The molecule has 20 heavy (non-hydrogen) atoms. The van der Waals surface area contributed by atoms with Gasteiger partial charge >= 0.3 is 0 Å². The molecule has 0 radical (unpaired) electrons. The van der Waals surface area contributed by atoms with Crippen molar-refractivity contribution in [3.8, 4) is 0 Å². The molecule has 112 valence electrons. The highest BCUT2D eigenvalue weighted by Gasteiger charge is 2.25. The van der Waals surface area contributed by atoms with Crippen LogP contribution in [0.15, 0.2) is 18.2 Å². The Hall–Kier alpha value is -0.860. The Bertz CT molecular complexity index is 422. The van der Waals surface area contributed by atoms with Gasteiger partial charge in [0.05, 0.1) is 6.10 Å². The van der Waals surface area contributed by atoms with Gasteiger partial charge in [-0.2, -0.15) is 0 Å². The van der Waals surface area contributed by atoms with Crippen LogP contribution < -0.4 is 0 Å². The summed E-state index contributed by atoms with van der Waals surface area (Å²) in [5.41, 5.74) is 4.04. The fourth-order valence-corrected chi connectivity index (χ4v) is 3.06. The lowest BCUT2D eigenvalue weighted by molar-refractivity contribution is 0.101. The second kappa shape index (κ2) is 6.28. The molecule has 1 atom stereocenters. The molecule has 1 N–H and O–H groups in total. The lowest BCUT2D eigenvalue weighted by Crippen LogP contribution is -2.38. The first-order valence-electron chi connectivity index (χ1n) is 7.84. The Morgan fingerprint density at radius 1 is 1.10 bits per heavy atom. The highest BCUT2D eigenvalue weighted by Crippen LogP contribution is 2.30. The van der Waals surface area contributed by atoms with Gasteiger partial charge in [0.25, 0.3) is 0 Å². The van der Waals surface area contributed by atoms with Crippen LogP contribution in [0, 0.1) is 19.3 Å². The van der Waals surface area contributed by atoms with Gasteiger partial charge in [-0.3, -0.25) is 0 Å². The lowest BCUT2D eigenvalue weighted by atomic mass is 9.82. The number of rotatable bonds is 4. The first-order valence-corrected chi connectivity index (χ1v) is 7.84. The van der Waals surface area contributed by atoms with Crippen LogP contribution in [-0.4, -0.2) is 29.6 Å². The minimum atomic E-state index is -0.330. The van der Waals surface area contributed by atoms with Crippen LogP contribution in [0.1, 0.15) is 55.9 Å². The second-order valence-corrected chi connectivity index (χ2v) is 7.23. The molecule has 0 aliphatic carbocycles. The lowest BCUT2D eigenvalue weighted by Gasteiger charge is -2.37. The third kappa shape index (κ3) is 4.32. The van der Waals surface area contributed by atoms with E-state index in [-0.39, 0.29) is 6.10 Å². The molecular weight excluding hydrogens is 246 g/mol. The highest BCUT2D eigenvalue weighted by molar-refractivity contribution is 5.29. The summed E-state index contributed by atoms with van der Waals surface area (Å²) >= 11 is 0. The van der Waals surface area contributed by atoms with Crippen LogP contribution in [0.4, 0.5) is 0 Å². The van der Waals surface area contributed by atoms with Crippen LogP contribution in [-0.2, 0) is 0 Å². The van der Waals surface area contributed by atoms with Gasteiger partial charge in [-0.05, 0) is 57.2 Å². The predicted octanol–water partition coefficient (Wildman–Crippen LogP) is 3.85. The van der Waals surface area contributed by atoms with Crippen LogP contribution in [0.25, 0.3) is 0 Å². The summed E-state index contributed by atoms with van der Waals surface area (Å²) in [6, 6.07) is 6.37. The van der Waals surface area contributed by atoms with Crippen LogP contribution in [0.5, 0.6) is 0 Å². The van der Waals surface area contributed by atoms with Gasteiger partial charge in [0.1, 0.15) is 0 Å². The van der Waals surface area contributed by atoms with Crippen molar-refractivity contribution in [2.45, 2.75) is 53.1 Å². The zero-order chi connectivity index (χ0) is 14.8. The van der Waals surface area contributed by atoms with Crippen molar-refractivity contribution in [1.82, 2.24) is 4.90 Å². The number of aliphatic hydroxyl groups excluding tert-OH is 1. The van der Waals surface area contributed by atoms with Gasteiger partial charge in [-0.25, -0.2) is 0 Å². The number of nitrogens with zero attached hydrogens (tertiary/aromatic N) is 1. The number of aryl methyl sites for hydroxylation is 2. The molecule has 0 spiro atoms. The topological polar surface area (TPSA) is 23.5 Å². The molecule has 0 aromatic heterocycles. The van der Waals surface area contributed by atoms with Gasteiger partial charge in [-0.15, -0.1) is 0 Å². The van der Waals surface area contributed by atoms with E-state index in [2.05, 4.69) is 50.8 Å². The van der Waals surface area contributed by atoms with Gasteiger partial charge in [0.15, 0.2) is 0 Å². The minimum absolute atomic E-state index is 0.330. The predicted molar refractivity (Wildman–Crippen MR) is 84.9 cm³/mol. The quantitative estimate of drug-likeness (QED) is 0.902. The third-order valence-corrected chi connectivity index (χ3v) is 4.56. The SMILES string of the molecule is Cc1cc(C)cc(C(O)CCN2CCC(C)(C)CC2)c1. The Labute approximate surface area is 123 Å². The second-order valence-electron chi connectivity index (χ2n) is 7.23. The summed E-state index contributed by atoms with van der Waals surface area (Å²) < 4.78 is 0. The maximum atomic E-state index is 10.4. The highest BCUT2D eigenvalue weighted by atomic mass is 16.3. The molecule has 1 aliphatic rings. The summed E-state index contributed by atoms with van der Waals surface area (Å²) in [5, 5.41) is 10.4. The van der Waals surface area contributed by atoms with Crippen molar-refractivity contribution >= 4 is 0 Å². The van der Waals surface area contributed by atoms with E-state index in [0.717, 1.165) is 18.5 Å². The Balaban J connectivity index is 1.85. The van der Waals surface area contributed by atoms with Crippen molar-refractivity contribution in [2.75, 3.05) is 19.6 Å². The molecule has 0 saturated carbocycles. The summed E-state index contributed by atoms with van der Waals surface area (Å²) in [4.78, 5) is 2.50. The molecule has 2 rings (SSSR count). The molecule has 1 saturated heterocycles. The summed E-state index contributed by atoms with van der Waals surface area (Å²) in [6.07, 6.45) is 3.05. The normalized spacial score (nSPS) is 20.9. The first-order chi connectivity index (χ1) is 9.35. The number of benzene rings is 1. The molecule has 1 aliphatic heterocycles. The Morgan fingerprint density at radius 3 is 2.20 bits per heavy atom. The van der Waals surface area contributed by atoms with Crippen molar-refractivity contribution < 1.29 is 5.11 Å². The molecular formula is C18H29NO. The zero-order valence-corrected chi connectivity index (χ0v) is 13.4. The summed E-state index contributed by atoms with van der Waals surface area (Å²) in [5.74, 6) is 0. The zero-order valence-electron chi connectivity index (χ0n) is 13.4. The number of hydrogen-bond donors (Lipinski definition) is 1. The van der Waals surface area contributed by atoms with Gasteiger partial charge < -0.3 is 10.0 Å². The average Bonchev–Trinajstić information content (AvgIpc) is 2.36. The Morgan fingerprint density at radius 2 is 1.65 bits per heavy atom. The van der Waals surface area contributed by atoms with E-state index in [0.29, 0.717) is 5.41 Å². The number of piperidine rings is 1. The molecule has 1 aromatic carbocycles. The van der Waals surface area contributed by atoms with E-state index < -0.39 is 0 Å². The number of likely N-dealkylation sites (tertiary alicyclic amines) is 1. The van der Waals surface area contributed by atoms with Crippen LogP contribution in [0.3, 0.4) is 0 Å². The standard InChI is InChI=1S/C18H29NO/c1-14-11-15(2)13-16(12-14)17(20)5-8-19-9-6-18(3,4)7-10-19/h11-13,17,20H,5-10H2,1-4H3. The summed E-state index contributed by atoms with van der Waals surface area (Å²) in [7, 11) is 0. The van der Waals surface area contributed by atoms with E-state index in [1.54, 1.807) is 0 Å². The molecule has 2 heteroatoms. The van der Waals surface area contributed by atoms with E-state index in [4.69, 9.17) is 0 Å². The van der Waals surface area contributed by atoms with Crippen LogP contribution in [0.2, 0.25) is 0 Å². The molecule has 2 nitrogen and oxygen atoms in total. The van der Waals surface area contributed by atoms with E-state index in [1.165, 1.54) is 37.1 Å². The van der Waals surface area contributed by atoms with Gasteiger partial charge in [-0.1, -0.05) is 43.2 Å². The van der Waals surface area contributed by atoms with E-state index in [1.807, 2.05) is 0 Å². The van der Waals surface area contributed by atoms with Gasteiger partial charge in [0, 0.05) is 6.54 Å². The monoisotopic (exact) mass is 275 g/mol. The summed E-state index contributed by atoms with van der Waals surface area (Å²) in [6.45, 7) is 12.2. The molecule has 1 heterocycles. The third-order valence-electron chi connectivity index (χ3n) is 4.56. The maximum absolute atomic E-state index is 10.4. The minimum Gasteiger partial charge on any atom is -0.388 e. The van der Waals surface area contributed by atoms with Crippen molar-refractivity contribution in [3.05, 3.63) is 34.9 Å². The Kier molecular flexibility index (Phi) is 4.87. The van der Waals surface area contributed by atoms with Crippen molar-refractivity contribution in [3.63, 3.8) is 0 Å². The van der Waals surface area contributed by atoms with Crippen molar-refractivity contribution in [2.24, 2.45) is 5.41 Å². The first kappa shape index (κ1) is 15.5. The number of aliphatic hydroxyl groups is 1. The maximum Gasteiger partial charge on any atom is 0.0802 e. The van der Waals surface area contributed by atoms with E-state index in [9.17, 15) is 5.11 Å². The fraction of sp³-hybridized carbons (Fsp3) is 0.667. The molecule has 0 bridgehead atoms. The van der Waals surface area contributed by atoms with Gasteiger partial charge in [0.2, 0.25) is 0 Å². The molecule has 1 unspecified atom stereocenters. The average molecular weight is 275 g/mol. The smallest absolute Gasteiger partial charge is 0.0802 e. The van der Waals surface area contributed by atoms with Crippen molar-refractivity contribution in [1.29, 1.82) is 0 Å². The molecule has 1 fully saturated rings. The molecule has 0 amide bonds. The van der Waals surface area contributed by atoms with E-state index >= 15 is 0 Å².